The first-order valence-corrected chi connectivity index (χ1v) is 22.0. The van der Waals surface area contributed by atoms with E-state index in [0.29, 0.717) is 0 Å². The molecule has 0 unspecified atom stereocenters. The molecule has 12 rings (SSSR count). The molecule has 0 N–H and O–H groups in total. The Bertz CT molecular complexity index is 3620. The summed E-state index contributed by atoms with van der Waals surface area (Å²) in [4.78, 5) is 2.35. The highest BCUT2D eigenvalue weighted by Crippen LogP contribution is 2.40. The van der Waals surface area contributed by atoms with Crippen LogP contribution in [0.15, 0.2) is 255 Å². The number of benzene rings is 11. The van der Waals surface area contributed by atoms with Gasteiger partial charge < -0.3 is 9.47 Å². The largest absolute Gasteiger partial charge is 0.311 e. The molecule has 300 valence electrons. The maximum Gasteiger partial charge on any atom is 0.0541 e. The number of anilines is 3. The highest BCUT2D eigenvalue weighted by atomic mass is 15.1. The molecule has 0 atom stereocenters. The highest BCUT2D eigenvalue weighted by Gasteiger charge is 2.17. The molecular formula is C62H42N2. The molecule has 12 aromatic rings. The lowest BCUT2D eigenvalue weighted by Gasteiger charge is -2.26. The van der Waals surface area contributed by atoms with Gasteiger partial charge in [0.15, 0.2) is 0 Å². The van der Waals surface area contributed by atoms with Crippen LogP contribution in [0.3, 0.4) is 0 Å². The third kappa shape index (κ3) is 6.70. The van der Waals surface area contributed by atoms with Gasteiger partial charge in [-0.15, -0.1) is 0 Å². The number of para-hydroxylation sites is 1. The quantitative estimate of drug-likeness (QED) is 0.148. The number of hydrogen-bond donors (Lipinski definition) is 0. The minimum Gasteiger partial charge on any atom is -0.311 e. The summed E-state index contributed by atoms with van der Waals surface area (Å²) in [5, 5.41) is 7.50. The van der Waals surface area contributed by atoms with Crippen molar-refractivity contribution >= 4 is 60.4 Å². The van der Waals surface area contributed by atoms with E-state index in [4.69, 9.17) is 0 Å². The van der Waals surface area contributed by atoms with Crippen molar-refractivity contribution < 1.29 is 0 Å². The van der Waals surface area contributed by atoms with Crippen molar-refractivity contribution in [1.82, 2.24) is 4.57 Å². The van der Waals surface area contributed by atoms with E-state index in [0.717, 1.165) is 22.7 Å². The summed E-state index contributed by atoms with van der Waals surface area (Å²) in [6, 6.07) is 92.6. The van der Waals surface area contributed by atoms with Crippen LogP contribution in [0.4, 0.5) is 17.1 Å². The third-order valence-corrected chi connectivity index (χ3v) is 12.8. The van der Waals surface area contributed by atoms with Crippen LogP contribution in [0.2, 0.25) is 0 Å². The molecule has 0 saturated carbocycles. The number of nitrogens with zero attached hydrogens (tertiary/aromatic N) is 2. The first-order chi connectivity index (χ1) is 31.7. The summed E-state index contributed by atoms with van der Waals surface area (Å²) in [5.41, 5.74) is 16.5. The van der Waals surface area contributed by atoms with Gasteiger partial charge in [0.1, 0.15) is 0 Å². The number of aromatic nitrogens is 1. The molecule has 1 aromatic heterocycles. The Morgan fingerprint density at radius 3 is 1.41 bits per heavy atom. The predicted octanol–water partition coefficient (Wildman–Crippen LogP) is 17.2. The topological polar surface area (TPSA) is 8.17 Å². The molecule has 0 aliphatic heterocycles. The molecule has 0 bridgehead atoms. The lowest BCUT2D eigenvalue weighted by atomic mass is 9.98. The number of rotatable bonds is 8. The molecule has 0 aliphatic rings. The summed E-state index contributed by atoms with van der Waals surface area (Å²) in [6.45, 7) is 0. The van der Waals surface area contributed by atoms with Crippen LogP contribution in [0.5, 0.6) is 0 Å². The van der Waals surface area contributed by atoms with Crippen LogP contribution < -0.4 is 4.90 Å². The highest BCUT2D eigenvalue weighted by molar-refractivity contribution is 6.10. The SMILES string of the molecule is c1ccc(-c2ccc(N(c3ccc(-c4ccc5ccccc5c4)cc3)c3ccc(-c4ccc5c(c4)c4ccccc4n5-c4ccc(-c5cccc6ccccc56)cc4)cc3)cc2)cc1. The van der Waals surface area contributed by atoms with Gasteiger partial charge >= 0.3 is 0 Å². The standard InChI is InChI=1S/C62H42N2/c1-2-11-43(12-3-1)45-23-32-53(33-24-45)63(54-34-25-46(26-35-54)51-22-21-44-13-4-5-15-50(44)41-51)55-36-27-47(28-37-55)52-31-40-62-60(42-52)59-18-8-9-20-61(59)64(62)56-38-29-49(30-39-56)58-19-10-16-48-14-6-7-17-57(48)58/h1-42H. The molecular weight excluding hydrogens is 773 g/mol. The molecule has 0 aliphatic carbocycles. The van der Waals surface area contributed by atoms with Gasteiger partial charge in [0, 0.05) is 33.5 Å². The third-order valence-electron chi connectivity index (χ3n) is 12.8. The molecule has 2 heteroatoms. The Balaban J connectivity index is 0.892. The zero-order valence-corrected chi connectivity index (χ0v) is 35.1. The van der Waals surface area contributed by atoms with E-state index in [2.05, 4.69) is 264 Å². The number of fused-ring (bicyclic) bond motifs is 5. The zero-order chi connectivity index (χ0) is 42.4. The first kappa shape index (κ1) is 37.3. The van der Waals surface area contributed by atoms with Crippen LogP contribution in [0.1, 0.15) is 0 Å². The van der Waals surface area contributed by atoms with Crippen molar-refractivity contribution in [1.29, 1.82) is 0 Å². The van der Waals surface area contributed by atoms with Crippen LogP contribution in [0, 0.1) is 0 Å². The second kappa shape index (κ2) is 15.8. The predicted molar refractivity (Wildman–Crippen MR) is 272 cm³/mol. The maximum atomic E-state index is 2.40. The minimum absolute atomic E-state index is 1.10. The second-order valence-corrected chi connectivity index (χ2v) is 16.6. The van der Waals surface area contributed by atoms with Gasteiger partial charge in [0.05, 0.1) is 11.0 Å². The molecule has 0 fully saturated rings. The summed E-state index contributed by atoms with van der Waals surface area (Å²) >= 11 is 0. The summed E-state index contributed by atoms with van der Waals surface area (Å²) < 4.78 is 2.40. The Morgan fingerprint density at radius 1 is 0.250 bits per heavy atom. The van der Waals surface area contributed by atoms with Crippen molar-refractivity contribution in [3.8, 4) is 50.2 Å². The smallest absolute Gasteiger partial charge is 0.0541 e. The summed E-state index contributed by atoms with van der Waals surface area (Å²) in [5.74, 6) is 0. The molecule has 1 heterocycles. The summed E-state index contributed by atoms with van der Waals surface area (Å²) in [7, 11) is 0. The lowest BCUT2D eigenvalue weighted by Crippen LogP contribution is -2.09. The summed E-state index contributed by atoms with van der Waals surface area (Å²) in [6.07, 6.45) is 0. The monoisotopic (exact) mass is 814 g/mol. The van der Waals surface area contributed by atoms with E-state index in [9.17, 15) is 0 Å². The Morgan fingerprint density at radius 2 is 0.719 bits per heavy atom. The van der Waals surface area contributed by atoms with Gasteiger partial charge in [-0.25, -0.2) is 0 Å². The molecule has 0 amide bonds. The first-order valence-electron chi connectivity index (χ1n) is 22.0. The molecule has 64 heavy (non-hydrogen) atoms. The average molecular weight is 815 g/mol. The van der Waals surface area contributed by atoms with Crippen LogP contribution >= 0.6 is 0 Å². The normalized spacial score (nSPS) is 11.4. The maximum absolute atomic E-state index is 2.40. The fourth-order valence-electron chi connectivity index (χ4n) is 9.55. The Hall–Kier alpha value is -8.46. The van der Waals surface area contributed by atoms with Gasteiger partial charge in [0.25, 0.3) is 0 Å². The van der Waals surface area contributed by atoms with Gasteiger partial charge in [-0.3, -0.25) is 0 Å². The van der Waals surface area contributed by atoms with E-state index in [1.54, 1.807) is 0 Å². The molecule has 0 saturated heterocycles. The fourth-order valence-corrected chi connectivity index (χ4v) is 9.55. The van der Waals surface area contributed by atoms with Crippen LogP contribution in [-0.2, 0) is 0 Å². The van der Waals surface area contributed by atoms with Gasteiger partial charge in [-0.05, 0) is 139 Å². The van der Waals surface area contributed by atoms with Crippen LogP contribution in [0.25, 0.3) is 93.5 Å². The van der Waals surface area contributed by atoms with Crippen molar-refractivity contribution in [2.45, 2.75) is 0 Å². The van der Waals surface area contributed by atoms with Gasteiger partial charge in [-0.1, -0.05) is 182 Å². The van der Waals surface area contributed by atoms with E-state index >= 15 is 0 Å². The molecule has 0 radical (unpaired) electrons. The number of hydrogen-bond acceptors (Lipinski definition) is 1. The van der Waals surface area contributed by atoms with E-state index in [1.807, 2.05) is 0 Å². The van der Waals surface area contributed by atoms with E-state index in [-0.39, 0.29) is 0 Å². The Labute approximate surface area is 373 Å². The van der Waals surface area contributed by atoms with Crippen molar-refractivity contribution in [2.75, 3.05) is 4.90 Å². The van der Waals surface area contributed by atoms with Crippen molar-refractivity contribution in [3.05, 3.63) is 255 Å². The second-order valence-electron chi connectivity index (χ2n) is 16.6. The zero-order valence-electron chi connectivity index (χ0n) is 35.1. The molecule has 2 nitrogen and oxygen atoms in total. The lowest BCUT2D eigenvalue weighted by molar-refractivity contribution is 1.18. The average Bonchev–Trinajstić information content (AvgIpc) is 3.71. The van der Waals surface area contributed by atoms with Gasteiger partial charge in [0.2, 0.25) is 0 Å². The van der Waals surface area contributed by atoms with E-state index in [1.165, 1.54) is 87.9 Å². The molecule has 11 aromatic carbocycles. The van der Waals surface area contributed by atoms with E-state index < -0.39 is 0 Å². The van der Waals surface area contributed by atoms with Crippen LogP contribution in [-0.4, -0.2) is 4.57 Å². The van der Waals surface area contributed by atoms with Gasteiger partial charge in [-0.2, -0.15) is 0 Å². The fraction of sp³-hybridized carbons (Fsp3) is 0. The Kier molecular flexibility index (Phi) is 9.20. The molecule has 0 spiro atoms. The van der Waals surface area contributed by atoms with Crippen molar-refractivity contribution in [3.63, 3.8) is 0 Å². The minimum atomic E-state index is 1.10. The van der Waals surface area contributed by atoms with Crippen molar-refractivity contribution in [2.24, 2.45) is 0 Å².